The standard InChI is InChI=1S/C11H14BrNO/c1-8-2-3-9(12)6-10(8)11-7-14-5-4-13-11/h2-3,6,11,13H,4-5,7H2,1H3/t11-/m0/s1. The van der Waals surface area contributed by atoms with E-state index in [1.54, 1.807) is 0 Å². The highest BCUT2D eigenvalue weighted by molar-refractivity contribution is 9.10. The number of ether oxygens (including phenoxy) is 1. The third-order valence-electron chi connectivity index (χ3n) is 2.54. The van der Waals surface area contributed by atoms with Crippen LogP contribution in [0.4, 0.5) is 0 Å². The van der Waals surface area contributed by atoms with E-state index in [1.165, 1.54) is 11.1 Å². The maximum Gasteiger partial charge on any atom is 0.0662 e. The quantitative estimate of drug-likeness (QED) is 0.833. The molecule has 1 aromatic carbocycles. The van der Waals surface area contributed by atoms with E-state index in [0.29, 0.717) is 6.04 Å². The van der Waals surface area contributed by atoms with Gasteiger partial charge >= 0.3 is 0 Å². The van der Waals surface area contributed by atoms with Crippen LogP contribution in [0.1, 0.15) is 17.2 Å². The summed E-state index contributed by atoms with van der Waals surface area (Å²) in [5.41, 5.74) is 2.65. The second-order valence-corrected chi connectivity index (χ2v) is 4.50. The Kier molecular flexibility index (Phi) is 3.21. The molecular weight excluding hydrogens is 242 g/mol. The van der Waals surface area contributed by atoms with Gasteiger partial charge in [-0.3, -0.25) is 0 Å². The minimum Gasteiger partial charge on any atom is -0.378 e. The first-order valence-corrected chi connectivity index (χ1v) is 5.64. The maximum atomic E-state index is 5.45. The molecule has 1 heterocycles. The van der Waals surface area contributed by atoms with Gasteiger partial charge in [-0.25, -0.2) is 0 Å². The van der Waals surface area contributed by atoms with Gasteiger partial charge in [0.05, 0.1) is 19.3 Å². The first kappa shape index (κ1) is 10.1. The summed E-state index contributed by atoms with van der Waals surface area (Å²) in [4.78, 5) is 0. The number of halogens is 1. The number of aryl methyl sites for hydroxylation is 1. The fourth-order valence-corrected chi connectivity index (χ4v) is 2.13. The largest absolute Gasteiger partial charge is 0.378 e. The van der Waals surface area contributed by atoms with E-state index in [1.807, 2.05) is 0 Å². The van der Waals surface area contributed by atoms with Gasteiger partial charge < -0.3 is 10.1 Å². The summed E-state index contributed by atoms with van der Waals surface area (Å²) in [5, 5.41) is 3.46. The Balaban J connectivity index is 2.24. The van der Waals surface area contributed by atoms with Crippen LogP contribution in [0.15, 0.2) is 22.7 Å². The predicted octanol–water partition coefficient (Wildman–Crippen LogP) is 2.42. The topological polar surface area (TPSA) is 21.3 Å². The number of rotatable bonds is 1. The molecule has 2 nitrogen and oxygen atoms in total. The molecule has 76 valence electrons. The summed E-state index contributed by atoms with van der Waals surface area (Å²) < 4.78 is 6.58. The van der Waals surface area contributed by atoms with Gasteiger partial charge in [0.1, 0.15) is 0 Å². The molecule has 0 saturated carbocycles. The van der Waals surface area contributed by atoms with Crippen molar-refractivity contribution >= 4 is 15.9 Å². The van der Waals surface area contributed by atoms with Crippen LogP contribution in [0, 0.1) is 6.92 Å². The van der Waals surface area contributed by atoms with Crippen molar-refractivity contribution < 1.29 is 4.74 Å². The van der Waals surface area contributed by atoms with E-state index in [-0.39, 0.29) is 0 Å². The van der Waals surface area contributed by atoms with Crippen LogP contribution in [-0.4, -0.2) is 19.8 Å². The molecule has 2 rings (SSSR count). The van der Waals surface area contributed by atoms with Crippen LogP contribution in [0.3, 0.4) is 0 Å². The van der Waals surface area contributed by atoms with E-state index in [9.17, 15) is 0 Å². The number of nitrogens with one attached hydrogen (secondary N) is 1. The van der Waals surface area contributed by atoms with Gasteiger partial charge in [0.15, 0.2) is 0 Å². The monoisotopic (exact) mass is 255 g/mol. The average molecular weight is 256 g/mol. The highest BCUT2D eigenvalue weighted by atomic mass is 79.9. The highest BCUT2D eigenvalue weighted by Gasteiger charge is 2.16. The Morgan fingerprint density at radius 2 is 2.36 bits per heavy atom. The zero-order valence-electron chi connectivity index (χ0n) is 8.22. The second kappa shape index (κ2) is 4.43. The molecule has 1 N–H and O–H groups in total. The minimum atomic E-state index is 0.348. The Morgan fingerprint density at radius 3 is 3.07 bits per heavy atom. The van der Waals surface area contributed by atoms with E-state index in [4.69, 9.17) is 4.74 Å². The lowest BCUT2D eigenvalue weighted by Crippen LogP contribution is -2.34. The molecule has 0 unspecified atom stereocenters. The molecule has 1 aliphatic rings. The van der Waals surface area contributed by atoms with Crippen molar-refractivity contribution in [3.05, 3.63) is 33.8 Å². The second-order valence-electron chi connectivity index (χ2n) is 3.58. The van der Waals surface area contributed by atoms with Crippen LogP contribution < -0.4 is 5.32 Å². The van der Waals surface area contributed by atoms with Crippen LogP contribution in [0.2, 0.25) is 0 Å². The Hall–Kier alpha value is -0.380. The molecule has 1 atom stereocenters. The molecule has 0 radical (unpaired) electrons. The van der Waals surface area contributed by atoms with Crippen molar-refractivity contribution in [3.8, 4) is 0 Å². The molecular formula is C11H14BrNO. The number of morpholine rings is 1. The molecule has 3 heteroatoms. The molecule has 1 fully saturated rings. The van der Waals surface area contributed by atoms with Gasteiger partial charge in [0.25, 0.3) is 0 Å². The van der Waals surface area contributed by atoms with Gasteiger partial charge in [0.2, 0.25) is 0 Å². The fourth-order valence-electron chi connectivity index (χ4n) is 1.75. The van der Waals surface area contributed by atoms with E-state index in [2.05, 4.69) is 46.4 Å². The normalized spacial score (nSPS) is 22.3. The molecule has 0 amide bonds. The Bertz CT molecular complexity index is 321. The lowest BCUT2D eigenvalue weighted by Gasteiger charge is -2.25. The van der Waals surface area contributed by atoms with Crippen LogP contribution in [0.5, 0.6) is 0 Å². The van der Waals surface area contributed by atoms with E-state index in [0.717, 1.165) is 24.2 Å². The summed E-state index contributed by atoms with van der Waals surface area (Å²) in [5.74, 6) is 0. The minimum absolute atomic E-state index is 0.348. The SMILES string of the molecule is Cc1ccc(Br)cc1[C@@H]1COCCN1. The average Bonchev–Trinajstić information content (AvgIpc) is 2.23. The lowest BCUT2D eigenvalue weighted by atomic mass is 10.0. The predicted molar refractivity (Wildman–Crippen MR) is 60.4 cm³/mol. The molecule has 0 aromatic heterocycles. The van der Waals surface area contributed by atoms with Crippen molar-refractivity contribution in [1.82, 2.24) is 5.32 Å². The van der Waals surface area contributed by atoms with Crippen molar-refractivity contribution in [2.75, 3.05) is 19.8 Å². The van der Waals surface area contributed by atoms with Gasteiger partial charge in [-0.15, -0.1) is 0 Å². The van der Waals surface area contributed by atoms with E-state index >= 15 is 0 Å². The third-order valence-corrected chi connectivity index (χ3v) is 3.03. The van der Waals surface area contributed by atoms with Crippen molar-refractivity contribution in [1.29, 1.82) is 0 Å². The molecule has 0 aliphatic carbocycles. The maximum absolute atomic E-state index is 5.45. The van der Waals surface area contributed by atoms with Crippen molar-refractivity contribution in [2.45, 2.75) is 13.0 Å². The van der Waals surface area contributed by atoms with Gasteiger partial charge in [0, 0.05) is 11.0 Å². The van der Waals surface area contributed by atoms with Gasteiger partial charge in [-0.1, -0.05) is 22.0 Å². The summed E-state index contributed by atoms with van der Waals surface area (Å²) >= 11 is 3.49. The van der Waals surface area contributed by atoms with Crippen LogP contribution >= 0.6 is 15.9 Å². The highest BCUT2D eigenvalue weighted by Crippen LogP contribution is 2.23. The smallest absolute Gasteiger partial charge is 0.0662 e. The molecule has 1 aromatic rings. The molecule has 0 bridgehead atoms. The van der Waals surface area contributed by atoms with Crippen molar-refractivity contribution in [2.24, 2.45) is 0 Å². The number of hydrogen-bond acceptors (Lipinski definition) is 2. The molecule has 1 saturated heterocycles. The van der Waals surface area contributed by atoms with Crippen LogP contribution in [-0.2, 0) is 4.74 Å². The summed E-state index contributed by atoms with van der Waals surface area (Å²) in [6, 6.07) is 6.72. The summed E-state index contributed by atoms with van der Waals surface area (Å²) in [6.45, 7) is 4.68. The Labute approximate surface area is 92.8 Å². The third kappa shape index (κ3) is 2.16. The zero-order chi connectivity index (χ0) is 9.97. The molecule has 1 aliphatic heterocycles. The fraction of sp³-hybridized carbons (Fsp3) is 0.455. The van der Waals surface area contributed by atoms with Crippen LogP contribution in [0.25, 0.3) is 0 Å². The first-order valence-electron chi connectivity index (χ1n) is 4.84. The molecule has 14 heavy (non-hydrogen) atoms. The van der Waals surface area contributed by atoms with E-state index < -0.39 is 0 Å². The summed E-state index contributed by atoms with van der Waals surface area (Å²) in [7, 11) is 0. The summed E-state index contributed by atoms with van der Waals surface area (Å²) in [6.07, 6.45) is 0. The lowest BCUT2D eigenvalue weighted by molar-refractivity contribution is 0.0767. The number of benzene rings is 1. The zero-order valence-corrected chi connectivity index (χ0v) is 9.80. The molecule has 0 spiro atoms. The first-order chi connectivity index (χ1) is 6.77. The van der Waals surface area contributed by atoms with Gasteiger partial charge in [-0.2, -0.15) is 0 Å². The Morgan fingerprint density at radius 1 is 1.50 bits per heavy atom. The number of hydrogen-bond donors (Lipinski definition) is 1. The van der Waals surface area contributed by atoms with Gasteiger partial charge in [-0.05, 0) is 30.2 Å². The van der Waals surface area contributed by atoms with Crippen molar-refractivity contribution in [3.63, 3.8) is 0 Å².